The molecule has 1 aliphatic rings. The Morgan fingerprint density at radius 1 is 1.11 bits per heavy atom. The first kappa shape index (κ1) is 16.5. The molecule has 134 valence electrons. The van der Waals surface area contributed by atoms with Gasteiger partial charge in [0.25, 0.3) is 0 Å². The molecule has 0 spiro atoms. The second-order valence-electron chi connectivity index (χ2n) is 6.30. The minimum Gasteiger partial charge on any atom is -0.493 e. The van der Waals surface area contributed by atoms with Crippen molar-refractivity contribution in [1.29, 1.82) is 0 Å². The number of halogens is 2. The number of benzene rings is 2. The van der Waals surface area contributed by atoms with Gasteiger partial charge in [-0.2, -0.15) is 0 Å². The van der Waals surface area contributed by atoms with E-state index in [4.69, 9.17) is 37.3 Å². The summed E-state index contributed by atoms with van der Waals surface area (Å²) in [6, 6.07) is 15.4. The van der Waals surface area contributed by atoms with Crippen LogP contribution in [-0.4, -0.2) is 17.4 Å². The lowest BCUT2D eigenvalue weighted by Crippen LogP contribution is -2.07. The first-order valence-electron chi connectivity index (χ1n) is 8.43. The van der Waals surface area contributed by atoms with E-state index in [-0.39, 0.29) is 0 Å². The van der Waals surface area contributed by atoms with Crippen LogP contribution in [0, 0.1) is 0 Å². The largest absolute Gasteiger partial charge is 0.493 e. The van der Waals surface area contributed by atoms with Gasteiger partial charge in [-0.05, 0) is 36.4 Å². The number of nitrogens with zero attached hydrogens (tertiary/aromatic N) is 2. The molecule has 0 unspecified atom stereocenters. The smallest absolute Gasteiger partial charge is 0.176 e. The van der Waals surface area contributed by atoms with E-state index in [2.05, 4.69) is 0 Å². The average molecular weight is 397 g/mol. The van der Waals surface area contributed by atoms with Gasteiger partial charge < -0.3 is 13.7 Å². The molecule has 6 heteroatoms. The van der Waals surface area contributed by atoms with Crippen molar-refractivity contribution in [3.63, 3.8) is 0 Å². The second-order valence-corrected chi connectivity index (χ2v) is 7.15. The highest BCUT2D eigenvalue weighted by atomic mass is 35.5. The number of aromatic nitrogens is 1. The van der Waals surface area contributed by atoms with Gasteiger partial charge in [-0.15, -0.1) is 0 Å². The third-order valence-corrected chi connectivity index (χ3v) is 5.30. The molecule has 5 rings (SSSR count). The molecule has 4 nitrogen and oxygen atoms in total. The molecule has 0 saturated carbocycles. The van der Waals surface area contributed by atoms with E-state index in [9.17, 15) is 0 Å². The number of hydrogen-bond acceptors (Lipinski definition) is 3. The van der Waals surface area contributed by atoms with Crippen molar-refractivity contribution in [3.8, 4) is 11.4 Å². The lowest BCUT2D eigenvalue weighted by molar-refractivity contribution is 0.410. The van der Waals surface area contributed by atoms with E-state index < -0.39 is 0 Å². The molecule has 0 radical (unpaired) electrons. The number of para-hydroxylation sites is 1. The first-order valence-corrected chi connectivity index (χ1v) is 9.18. The number of furan rings is 1. The highest BCUT2D eigenvalue weighted by Crippen LogP contribution is 2.34. The molecule has 2 aromatic carbocycles. The minimum atomic E-state index is 0.441. The van der Waals surface area contributed by atoms with Crippen molar-refractivity contribution in [3.05, 3.63) is 81.8 Å². The molecule has 0 N–H and O–H groups in total. The van der Waals surface area contributed by atoms with Crippen LogP contribution in [0.25, 0.3) is 16.7 Å². The van der Waals surface area contributed by atoms with E-state index >= 15 is 0 Å². The van der Waals surface area contributed by atoms with Gasteiger partial charge in [0.15, 0.2) is 17.1 Å². The Bertz CT molecular complexity index is 1220. The van der Waals surface area contributed by atoms with Crippen LogP contribution in [0.3, 0.4) is 0 Å². The lowest BCUT2D eigenvalue weighted by Gasteiger charge is -2.12. The van der Waals surface area contributed by atoms with Crippen LogP contribution in [0.1, 0.15) is 17.0 Å². The fraction of sp³-hybridized carbons (Fsp3) is 0.0952. The van der Waals surface area contributed by atoms with Gasteiger partial charge in [-0.25, -0.2) is 0 Å². The Morgan fingerprint density at radius 2 is 2.00 bits per heavy atom. The zero-order valence-corrected chi connectivity index (χ0v) is 15.9. The Morgan fingerprint density at radius 3 is 2.85 bits per heavy atom. The van der Waals surface area contributed by atoms with E-state index in [0.29, 0.717) is 33.7 Å². The summed E-state index contributed by atoms with van der Waals surface area (Å²) in [5.41, 5.74) is 4.26. The molecule has 3 heterocycles. The number of fused-ring (bicyclic) bond motifs is 4. The molecule has 4 aromatic rings. The van der Waals surface area contributed by atoms with E-state index in [0.717, 1.165) is 28.0 Å². The first-order chi connectivity index (χ1) is 13.2. The van der Waals surface area contributed by atoms with Crippen LogP contribution >= 0.6 is 23.2 Å². The number of methoxy groups -OCH3 is 1. The number of ether oxygens (including phenoxy) is 1. The van der Waals surface area contributed by atoms with Gasteiger partial charge in [-0.3, -0.25) is 4.99 Å². The zero-order chi connectivity index (χ0) is 18.5. The third-order valence-electron chi connectivity index (χ3n) is 4.74. The van der Waals surface area contributed by atoms with Gasteiger partial charge in [0, 0.05) is 27.2 Å². The fourth-order valence-electron chi connectivity index (χ4n) is 3.50. The van der Waals surface area contributed by atoms with Gasteiger partial charge >= 0.3 is 0 Å². The van der Waals surface area contributed by atoms with Crippen LogP contribution in [0.15, 0.2) is 64.1 Å². The predicted octanol–water partition coefficient (Wildman–Crippen LogP) is 5.89. The van der Waals surface area contributed by atoms with Crippen molar-refractivity contribution in [2.45, 2.75) is 6.54 Å². The summed E-state index contributed by atoms with van der Waals surface area (Å²) < 4.78 is 13.6. The maximum atomic E-state index is 6.44. The van der Waals surface area contributed by atoms with Crippen LogP contribution in [0.4, 0.5) is 0 Å². The summed E-state index contributed by atoms with van der Waals surface area (Å²) in [4.78, 5) is 4.82. The van der Waals surface area contributed by atoms with Gasteiger partial charge in [0.05, 0.1) is 25.0 Å². The molecule has 0 bridgehead atoms. The average Bonchev–Trinajstić information content (AvgIpc) is 3.27. The SMILES string of the molecule is COc1cccc2cc(C3=NCc4c(Cl)cc(Cl)cc4-n4cccc43)oc12. The zero-order valence-electron chi connectivity index (χ0n) is 14.4. The Balaban J connectivity index is 1.73. The topological polar surface area (TPSA) is 39.7 Å². The summed E-state index contributed by atoms with van der Waals surface area (Å²) in [6.07, 6.45) is 1.98. The lowest BCUT2D eigenvalue weighted by atomic mass is 10.1. The molecule has 27 heavy (non-hydrogen) atoms. The van der Waals surface area contributed by atoms with Gasteiger partial charge in [-0.1, -0.05) is 35.3 Å². The van der Waals surface area contributed by atoms with Gasteiger partial charge in [0.1, 0.15) is 5.71 Å². The van der Waals surface area contributed by atoms with Crippen molar-refractivity contribution in [2.75, 3.05) is 7.11 Å². The maximum absolute atomic E-state index is 6.44. The summed E-state index contributed by atoms with van der Waals surface area (Å²) >= 11 is 12.7. The molecular formula is C21H14Cl2N2O2. The third kappa shape index (κ3) is 2.56. The molecular weight excluding hydrogens is 383 g/mol. The Labute approximate surface area is 165 Å². The highest BCUT2D eigenvalue weighted by molar-refractivity contribution is 6.35. The van der Waals surface area contributed by atoms with Crippen LogP contribution in [0.5, 0.6) is 5.75 Å². The van der Waals surface area contributed by atoms with Crippen molar-refractivity contribution in [1.82, 2.24) is 4.57 Å². The van der Waals surface area contributed by atoms with E-state index in [1.165, 1.54) is 0 Å². The quantitative estimate of drug-likeness (QED) is 0.423. The predicted molar refractivity (Wildman–Crippen MR) is 108 cm³/mol. The van der Waals surface area contributed by atoms with Crippen LogP contribution < -0.4 is 4.74 Å². The second kappa shape index (κ2) is 6.19. The summed E-state index contributed by atoms with van der Waals surface area (Å²) in [5.74, 6) is 1.38. The molecule has 0 atom stereocenters. The number of hydrogen-bond donors (Lipinski definition) is 0. The minimum absolute atomic E-state index is 0.441. The van der Waals surface area contributed by atoms with Crippen LogP contribution in [0.2, 0.25) is 10.0 Å². The Kier molecular flexibility index (Phi) is 3.78. The van der Waals surface area contributed by atoms with Crippen molar-refractivity contribution < 1.29 is 9.15 Å². The molecule has 0 amide bonds. The normalized spacial score (nSPS) is 13.1. The summed E-state index contributed by atoms with van der Waals surface area (Å²) in [6.45, 7) is 0.441. The van der Waals surface area contributed by atoms with E-state index in [1.54, 1.807) is 13.2 Å². The molecule has 2 aromatic heterocycles. The molecule has 0 fully saturated rings. The number of aliphatic imine (C=N–C) groups is 1. The molecule has 1 aliphatic heterocycles. The summed E-state index contributed by atoms with van der Waals surface area (Å²) in [7, 11) is 1.63. The van der Waals surface area contributed by atoms with Gasteiger partial charge in [0.2, 0.25) is 0 Å². The summed E-state index contributed by atoms with van der Waals surface area (Å²) in [5, 5.41) is 2.16. The van der Waals surface area contributed by atoms with E-state index in [1.807, 2.05) is 53.2 Å². The number of rotatable bonds is 2. The van der Waals surface area contributed by atoms with Crippen molar-refractivity contribution in [2.24, 2.45) is 4.99 Å². The molecule has 0 aliphatic carbocycles. The maximum Gasteiger partial charge on any atom is 0.176 e. The molecule has 0 saturated heterocycles. The monoisotopic (exact) mass is 396 g/mol. The van der Waals surface area contributed by atoms with Crippen molar-refractivity contribution >= 4 is 39.9 Å². The fourth-order valence-corrected chi connectivity index (χ4v) is 4.04. The Hall–Kier alpha value is -2.69. The van der Waals surface area contributed by atoms with Crippen LogP contribution in [-0.2, 0) is 6.54 Å². The standard InChI is InChI=1S/C21H14Cl2N2O2/c1-26-18-6-2-4-12-8-19(27-21(12)18)20-16-5-3-7-25(16)17-10-13(22)9-15(23)14(17)11-24-20/h2-10H,11H2,1H3. The highest BCUT2D eigenvalue weighted by Gasteiger charge is 2.23.